The normalized spacial score (nSPS) is 17.2. The zero-order chi connectivity index (χ0) is 13.4. The Kier molecular flexibility index (Phi) is 3.00. The van der Waals surface area contributed by atoms with Crippen molar-refractivity contribution in [1.82, 2.24) is 4.90 Å². The molecule has 0 N–H and O–H groups in total. The zero-order valence-electron chi connectivity index (χ0n) is 11.2. The third kappa shape index (κ3) is 2.12. The van der Waals surface area contributed by atoms with E-state index in [1.54, 1.807) is 0 Å². The van der Waals surface area contributed by atoms with Gasteiger partial charge in [-0.05, 0) is 28.3 Å². The van der Waals surface area contributed by atoms with Crippen molar-refractivity contribution in [2.24, 2.45) is 4.99 Å². The predicted octanol–water partition coefficient (Wildman–Crippen LogP) is 3.77. The maximum Gasteiger partial charge on any atom is 0.159 e. The van der Waals surface area contributed by atoms with Gasteiger partial charge in [-0.25, -0.2) is 0 Å². The Labute approximate surface area is 123 Å². The minimum absolute atomic E-state index is 0.974. The molecule has 3 heteroatoms. The summed E-state index contributed by atoms with van der Waals surface area (Å²) in [4.78, 5) is 6.99. The molecular weight excluding hydrogens is 264 g/mol. The minimum atomic E-state index is 0.974. The molecule has 2 heterocycles. The van der Waals surface area contributed by atoms with Crippen LogP contribution < -0.4 is 0 Å². The molecule has 20 heavy (non-hydrogen) atoms. The molecule has 2 aromatic carbocycles. The van der Waals surface area contributed by atoms with E-state index in [4.69, 9.17) is 0 Å². The van der Waals surface area contributed by atoms with E-state index in [0.717, 1.165) is 25.4 Å². The fourth-order valence-electron chi connectivity index (χ4n) is 2.86. The van der Waals surface area contributed by atoms with Gasteiger partial charge in [-0.2, -0.15) is 0 Å². The fourth-order valence-corrected chi connectivity index (χ4v) is 3.71. The first-order valence-corrected chi connectivity index (χ1v) is 7.98. The highest BCUT2D eigenvalue weighted by Gasteiger charge is 2.24. The molecule has 100 valence electrons. The van der Waals surface area contributed by atoms with Crippen molar-refractivity contribution in [3.05, 3.63) is 59.7 Å². The summed E-state index contributed by atoms with van der Waals surface area (Å²) in [6, 6.07) is 17.5. The van der Waals surface area contributed by atoms with E-state index in [1.165, 1.54) is 27.4 Å². The maximum atomic E-state index is 4.59. The van der Waals surface area contributed by atoms with E-state index in [-0.39, 0.29) is 0 Å². The first kappa shape index (κ1) is 12.0. The Balaban J connectivity index is 1.63. The zero-order valence-corrected chi connectivity index (χ0v) is 12.1. The quantitative estimate of drug-likeness (QED) is 0.790. The summed E-state index contributed by atoms with van der Waals surface area (Å²) >= 11 is 1.89. The molecule has 0 unspecified atom stereocenters. The van der Waals surface area contributed by atoms with Crippen LogP contribution in [-0.2, 0) is 13.1 Å². The molecule has 2 nitrogen and oxygen atoms in total. The summed E-state index contributed by atoms with van der Waals surface area (Å²) in [5.41, 5.74) is 5.50. The molecule has 0 aromatic heterocycles. The van der Waals surface area contributed by atoms with Gasteiger partial charge in [0.15, 0.2) is 5.17 Å². The lowest BCUT2D eigenvalue weighted by molar-refractivity contribution is 0.456. The molecule has 0 spiro atoms. The topological polar surface area (TPSA) is 15.6 Å². The van der Waals surface area contributed by atoms with E-state index >= 15 is 0 Å². The van der Waals surface area contributed by atoms with Crippen LogP contribution in [0.25, 0.3) is 11.1 Å². The summed E-state index contributed by atoms with van der Waals surface area (Å²) in [6.07, 6.45) is 0. The molecule has 0 atom stereocenters. The van der Waals surface area contributed by atoms with Gasteiger partial charge in [0.25, 0.3) is 0 Å². The molecule has 2 aliphatic heterocycles. The van der Waals surface area contributed by atoms with Crippen LogP contribution in [0.4, 0.5) is 0 Å². The third-order valence-corrected chi connectivity index (χ3v) is 4.91. The van der Waals surface area contributed by atoms with Gasteiger partial charge in [-0.15, -0.1) is 0 Å². The first-order valence-electron chi connectivity index (χ1n) is 6.99. The summed E-state index contributed by atoms with van der Waals surface area (Å²) in [5, 5.41) is 1.22. The Hall–Kier alpha value is -1.74. The van der Waals surface area contributed by atoms with E-state index in [1.807, 2.05) is 11.8 Å². The molecular formula is C17H16N2S. The Morgan fingerprint density at radius 2 is 1.75 bits per heavy atom. The lowest BCUT2D eigenvalue weighted by Gasteiger charge is -2.15. The van der Waals surface area contributed by atoms with E-state index in [9.17, 15) is 0 Å². The standard InChI is InChI=1S/C17H16N2S/c1-2-4-13(5-3-1)14-6-7-15-11-19(12-16(15)10-14)17-18-8-9-20-17/h1-7,10H,8-9,11-12H2. The number of fused-ring (bicyclic) bond motifs is 1. The van der Waals surface area contributed by atoms with Crippen LogP contribution in [0.2, 0.25) is 0 Å². The summed E-state index contributed by atoms with van der Waals surface area (Å²) in [7, 11) is 0. The Morgan fingerprint density at radius 3 is 2.55 bits per heavy atom. The monoisotopic (exact) mass is 280 g/mol. The summed E-state index contributed by atoms with van der Waals surface area (Å²) in [6.45, 7) is 2.99. The minimum Gasteiger partial charge on any atom is -0.343 e. The number of benzene rings is 2. The number of rotatable bonds is 1. The molecule has 0 saturated heterocycles. The molecule has 0 radical (unpaired) electrons. The van der Waals surface area contributed by atoms with Crippen LogP contribution in [0.5, 0.6) is 0 Å². The van der Waals surface area contributed by atoms with Crippen LogP contribution in [0.1, 0.15) is 11.1 Å². The van der Waals surface area contributed by atoms with Crippen LogP contribution in [0.15, 0.2) is 53.5 Å². The van der Waals surface area contributed by atoms with Gasteiger partial charge in [0.1, 0.15) is 0 Å². The molecule has 0 saturated carbocycles. The van der Waals surface area contributed by atoms with Crippen molar-refractivity contribution in [3.63, 3.8) is 0 Å². The van der Waals surface area contributed by atoms with Gasteiger partial charge in [-0.1, -0.05) is 54.2 Å². The fraction of sp³-hybridized carbons (Fsp3) is 0.235. The van der Waals surface area contributed by atoms with Crippen LogP contribution in [0, 0.1) is 0 Å². The lowest BCUT2D eigenvalue weighted by Crippen LogP contribution is -2.20. The number of thioether (sulfide) groups is 1. The van der Waals surface area contributed by atoms with Crippen molar-refractivity contribution in [3.8, 4) is 11.1 Å². The van der Waals surface area contributed by atoms with Gasteiger partial charge < -0.3 is 4.90 Å². The van der Waals surface area contributed by atoms with Crippen molar-refractivity contribution >= 4 is 16.9 Å². The SMILES string of the molecule is c1ccc(-c2ccc3c(c2)CN(C2=NCCS2)C3)cc1. The maximum absolute atomic E-state index is 4.59. The number of amidine groups is 1. The predicted molar refractivity (Wildman–Crippen MR) is 85.9 cm³/mol. The smallest absolute Gasteiger partial charge is 0.159 e. The van der Waals surface area contributed by atoms with Crippen LogP contribution >= 0.6 is 11.8 Å². The summed E-state index contributed by atoms with van der Waals surface area (Å²) < 4.78 is 0. The molecule has 0 amide bonds. The average molecular weight is 280 g/mol. The lowest BCUT2D eigenvalue weighted by atomic mass is 10.0. The van der Waals surface area contributed by atoms with Crippen molar-refractivity contribution in [1.29, 1.82) is 0 Å². The Morgan fingerprint density at radius 1 is 0.900 bits per heavy atom. The molecule has 0 bridgehead atoms. The van der Waals surface area contributed by atoms with Gasteiger partial charge >= 0.3 is 0 Å². The van der Waals surface area contributed by atoms with Crippen LogP contribution in [0.3, 0.4) is 0 Å². The molecule has 0 fully saturated rings. The largest absolute Gasteiger partial charge is 0.343 e. The highest BCUT2D eigenvalue weighted by molar-refractivity contribution is 8.14. The first-order chi connectivity index (χ1) is 9.90. The van der Waals surface area contributed by atoms with E-state index in [0.29, 0.717) is 0 Å². The third-order valence-electron chi connectivity index (χ3n) is 3.88. The molecule has 0 aliphatic carbocycles. The summed E-state index contributed by atoms with van der Waals surface area (Å²) in [5.74, 6) is 1.14. The molecule has 2 aliphatic rings. The number of aliphatic imine (C=N–C) groups is 1. The second-order valence-electron chi connectivity index (χ2n) is 5.22. The highest BCUT2D eigenvalue weighted by atomic mass is 32.2. The van der Waals surface area contributed by atoms with Gasteiger partial charge in [-0.3, -0.25) is 4.99 Å². The van der Waals surface area contributed by atoms with Gasteiger partial charge in [0, 0.05) is 18.8 Å². The number of nitrogens with zero attached hydrogens (tertiary/aromatic N) is 2. The van der Waals surface area contributed by atoms with E-state index < -0.39 is 0 Å². The van der Waals surface area contributed by atoms with Gasteiger partial charge in [0.05, 0.1) is 6.54 Å². The van der Waals surface area contributed by atoms with Crippen molar-refractivity contribution < 1.29 is 0 Å². The van der Waals surface area contributed by atoms with Gasteiger partial charge in [0.2, 0.25) is 0 Å². The molecule has 2 aromatic rings. The second-order valence-corrected chi connectivity index (χ2v) is 6.28. The average Bonchev–Trinajstić information content (AvgIpc) is 3.16. The van der Waals surface area contributed by atoms with Crippen molar-refractivity contribution in [2.45, 2.75) is 13.1 Å². The second kappa shape index (κ2) is 4.98. The number of hydrogen-bond acceptors (Lipinski definition) is 3. The Bertz CT molecular complexity index is 664. The highest BCUT2D eigenvalue weighted by Crippen LogP contribution is 2.31. The number of hydrogen-bond donors (Lipinski definition) is 0. The van der Waals surface area contributed by atoms with Crippen molar-refractivity contribution in [2.75, 3.05) is 12.3 Å². The molecule has 4 rings (SSSR count). The van der Waals surface area contributed by atoms with E-state index in [2.05, 4.69) is 58.4 Å². The van der Waals surface area contributed by atoms with Crippen LogP contribution in [-0.4, -0.2) is 22.4 Å².